The fourth-order valence-electron chi connectivity index (χ4n) is 5.92. The van der Waals surface area contributed by atoms with Gasteiger partial charge in [0.05, 0.1) is 6.07 Å². The van der Waals surface area contributed by atoms with Gasteiger partial charge in [-0.25, -0.2) is 0 Å². The summed E-state index contributed by atoms with van der Waals surface area (Å²) in [6.07, 6.45) is 6.50. The van der Waals surface area contributed by atoms with Gasteiger partial charge in [-0.1, -0.05) is 27.2 Å². The molecule has 2 heterocycles. The van der Waals surface area contributed by atoms with Crippen molar-refractivity contribution in [1.29, 1.82) is 5.26 Å². The lowest BCUT2D eigenvalue weighted by atomic mass is 9.67. The Bertz CT molecular complexity index is 925. The second-order valence-corrected chi connectivity index (χ2v) is 12.1. The van der Waals surface area contributed by atoms with E-state index in [1.165, 1.54) is 6.92 Å². The molecular weight excluding hydrogens is 434 g/mol. The number of nitriles is 1. The summed E-state index contributed by atoms with van der Waals surface area (Å²) in [5, 5.41) is 18.4. The van der Waals surface area contributed by atoms with Gasteiger partial charge in [-0.05, 0) is 55.8 Å². The minimum absolute atomic E-state index is 0.0404. The predicted octanol–water partition coefficient (Wildman–Crippen LogP) is 1.38. The van der Waals surface area contributed by atoms with E-state index in [1.54, 1.807) is 4.90 Å². The molecule has 0 bridgehead atoms. The molecule has 0 aromatic rings. The van der Waals surface area contributed by atoms with E-state index in [9.17, 15) is 24.4 Å². The van der Waals surface area contributed by atoms with Gasteiger partial charge < -0.3 is 20.9 Å². The Kier molecular flexibility index (Phi) is 6.16. The average Bonchev–Trinajstić information content (AvgIpc) is 3.21. The van der Waals surface area contributed by atoms with E-state index < -0.39 is 23.5 Å². The molecule has 9 heteroatoms. The molecule has 2 spiro atoms. The van der Waals surface area contributed by atoms with Crippen molar-refractivity contribution in [2.24, 2.45) is 16.7 Å². The minimum Gasteiger partial charge on any atom is -0.350 e. The molecule has 4 atom stereocenters. The zero-order valence-corrected chi connectivity index (χ0v) is 20.7. The van der Waals surface area contributed by atoms with Gasteiger partial charge in [0.2, 0.25) is 23.6 Å². The van der Waals surface area contributed by atoms with Crippen LogP contribution in [0.1, 0.15) is 79.1 Å². The van der Waals surface area contributed by atoms with Crippen molar-refractivity contribution >= 4 is 23.6 Å². The number of likely N-dealkylation sites (tertiary alicyclic amines) is 1. The van der Waals surface area contributed by atoms with Gasteiger partial charge in [-0.15, -0.1) is 0 Å². The summed E-state index contributed by atoms with van der Waals surface area (Å²) in [5.41, 5.74) is -0.673. The van der Waals surface area contributed by atoms with E-state index in [4.69, 9.17) is 0 Å². The molecule has 2 saturated heterocycles. The van der Waals surface area contributed by atoms with Crippen molar-refractivity contribution in [3.63, 3.8) is 0 Å². The summed E-state index contributed by atoms with van der Waals surface area (Å²) in [7, 11) is 0. The van der Waals surface area contributed by atoms with Gasteiger partial charge >= 0.3 is 0 Å². The van der Waals surface area contributed by atoms with Crippen LogP contribution in [0.2, 0.25) is 0 Å². The van der Waals surface area contributed by atoms with Crippen LogP contribution in [0.15, 0.2) is 0 Å². The van der Waals surface area contributed by atoms with E-state index in [0.717, 1.165) is 32.1 Å². The van der Waals surface area contributed by atoms with Crippen molar-refractivity contribution < 1.29 is 19.2 Å². The highest BCUT2D eigenvalue weighted by molar-refractivity contribution is 5.93. The van der Waals surface area contributed by atoms with Gasteiger partial charge in [-0.3, -0.25) is 19.2 Å². The fourth-order valence-corrected chi connectivity index (χ4v) is 5.92. The van der Waals surface area contributed by atoms with Gasteiger partial charge in [0.1, 0.15) is 18.1 Å². The molecule has 0 radical (unpaired) electrons. The quantitative estimate of drug-likeness (QED) is 0.538. The smallest absolute Gasteiger partial charge is 0.246 e. The van der Waals surface area contributed by atoms with Crippen LogP contribution in [0.25, 0.3) is 0 Å². The van der Waals surface area contributed by atoms with Crippen LogP contribution in [-0.4, -0.2) is 58.7 Å². The maximum Gasteiger partial charge on any atom is 0.246 e. The topological polar surface area (TPSA) is 131 Å². The Morgan fingerprint density at radius 1 is 1.18 bits per heavy atom. The zero-order chi connectivity index (χ0) is 24.9. The van der Waals surface area contributed by atoms with Crippen LogP contribution in [0, 0.1) is 28.1 Å². The van der Waals surface area contributed by atoms with Gasteiger partial charge in [-0.2, -0.15) is 5.26 Å². The highest BCUT2D eigenvalue weighted by Crippen LogP contribution is 2.51. The van der Waals surface area contributed by atoms with E-state index in [0.29, 0.717) is 19.4 Å². The first kappa shape index (κ1) is 24.5. The van der Waals surface area contributed by atoms with Crippen molar-refractivity contribution in [1.82, 2.24) is 20.9 Å². The molecule has 4 aliphatic rings. The summed E-state index contributed by atoms with van der Waals surface area (Å²) in [4.78, 5) is 52.8. The molecule has 4 rings (SSSR count). The highest BCUT2D eigenvalue weighted by Gasteiger charge is 2.54. The highest BCUT2D eigenvalue weighted by atomic mass is 16.2. The Balaban J connectivity index is 1.47. The molecule has 2 aliphatic heterocycles. The molecule has 0 unspecified atom stereocenters. The van der Waals surface area contributed by atoms with Crippen molar-refractivity contribution in [2.45, 2.75) is 103 Å². The van der Waals surface area contributed by atoms with Crippen LogP contribution >= 0.6 is 0 Å². The molecule has 34 heavy (non-hydrogen) atoms. The molecule has 4 fully saturated rings. The fraction of sp³-hybridized carbons (Fsp3) is 0.800. The molecule has 2 saturated carbocycles. The second-order valence-electron chi connectivity index (χ2n) is 12.1. The minimum atomic E-state index is -0.791. The Morgan fingerprint density at radius 2 is 1.85 bits per heavy atom. The lowest BCUT2D eigenvalue weighted by Gasteiger charge is -2.39. The first-order chi connectivity index (χ1) is 15.9. The van der Waals surface area contributed by atoms with E-state index in [-0.39, 0.29) is 46.9 Å². The molecule has 186 valence electrons. The summed E-state index contributed by atoms with van der Waals surface area (Å²) in [6, 6.07) is -0.0822. The first-order valence-electron chi connectivity index (χ1n) is 12.5. The number of carbonyl (C=O) groups excluding carboxylic acids is 4. The molecule has 0 aromatic carbocycles. The summed E-state index contributed by atoms with van der Waals surface area (Å²) >= 11 is 0. The van der Waals surface area contributed by atoms with Crippen LogP contribution in [-0.2, 0) is 19.2 Å². The monoisotopic (exact) mass is 471 g/mol. The Hall–Kier alpha value is -2.63. The van der Waals surface area contributed by atoms with Gasteiger partial charge in [0.25, 0.3) is 0 Å². The van der Waals surface area contributed by atoms with Crippen LogP contribution in [0.3, 0.4) is 0 Å². The van der Waals surface area contributed by atoms with Crippen molar-refractivity contribution in [3.8, 4) is 6.07 Å². The lowest BCUT2D eigenvalue weighted by molar-refractivity contribution is -0.144. The normalized spacial score (nSPS) is 28.0. The second kappa shape index (κ2) is 8.54. The standard InChI is InChI=1S/C25H37N5O4/c1-15(31)27-19(23(2,3)4)22(34)30-14-24(6-5-7-24)12-18(30)21(33)28-17(13-26)10-16-11-25(8-9-25)29-20(16)32/h16-19H,5-12,14H2,1-4H3,(H,27,31)(H,28,33)(H,29,32)/t16-,17+,18+,19-/m1/s1. The largest absolute Gasteiger partial charge is 0.350 e. The maximum atomic E-state index is 13.6. The summed E-state index contributed by atoms with van der Waals surface area (Å²) in [6.45, 7) is 7.54. The van der Waals surface area contributed by atoms with Gasteiger partial charge in [0.15, 0.2) is 0 Å². The van der Waals surface area contributed by atoms with E-state index in [2.05, 4.69) is 22.0 Å². The Morgan fingerprint density at radius 3 is 2.32 bits per heavy atom. The maximum absolute atomic E-state index is 13.6. The van der Waals surface area contributed by atoms with Crippen LogP contribution in [0.5, 0.6) is 0 Å². The Labute approximate surface area is 201 Å². The van der Waals surface area contributed by atoms with Gasteiger partial charge in [0, 0.05) is 24.9 Å². The zero-order valence-electron chi connectivity index (χ0n) is 20.7. The number of nitrogens with one attached hydrogen (secondary N) is 3. The van der Waals surface area contributed by atoms with Crippen molar-refractivity contribution in [2.75, 3.05) is 6.54 Å². The molecule has 9 nitrogen and oxygen atoms in total. The molecule has 0 aromatic heterocycles. The molecule has 2 aliphatic carbocycles. The number of hydrogen-bond acceptors (Lipinski definition) is 5. The van der Waals surface area contributed by atoms with Crippen LogP contribution < -0.4 is 16.0 Å². The average molecular weight is 472 g/mol. The third-order valence-corrected chi connectivity index (χ3v) is 8.21. The number of rotatable bonds is 6. The summed E-state index contributed by atoms with van der Waals surface area (Å²) in [5.74, 6) is -1.22. The first-order valence-corrected chi connectivity index (χ1v) is 12.5. The van der Waals surface area contributed by atoms with Crippen LogP contribution in [0.4, 0.5) is 0 Å². The SMILES string of the molecule is CC(=O)N[C@H](C(=O)N1CC2(CCC2)C[C@H]1C(=O)N[C@H](C#N)C[C@@H]1CC2(CC2)NC1=O)C(C)(C)C. The lowest BCUT2D eigenvalue weighted by Crippen LogP contribution is -2.58. The number of nitrogens with zero attached hydrogens (tertiary/aromatic N) is 2. The summed E-state index contributed by atoms with van der Waals surface area (Å²) < 4.78 is 0. The number of amides is 4. The predicted molar refractivity (Wildman–Crippen MR) is 124 cm³/mol. The molecule has 3 N–H and O–H groups in total. The number of carbonyl (C=O) groups is 4. The number of hydrogen-bond donors (Lipinski definition) is 3. The van der Waals surface area contributed by atoms with E-state index in [1.807, 2.05) is 20.8 Å². The van der Waals surface area contributed by atoms with Crippen molar-refractivity contribution in [3.05, 3.63) is 0 Å². The molecule has 4 amide bonds. The third kappa shape index (κ3) is 4.77. The molecular formula is C25H37N5O4. The van der Waals surface area contributed by atoms with E-state index >= 15 is 0 Å². The third-order valence-electron chi connectivity index (χ3n) is 8.21.